The quantitative estimate of drug-likeness (QED) is 0.436. The van der Waals surface area contributed by atoms with Crippen molar-refractivity contribution in [1.82, 2.24) is 5.32 Å². The van der Waals surface area contributed by atoms with E-state index in [1.165, 1.54) is 12.3 Å². The fourth-order valence-electron chi connectivity index (χ4n) is 2.66. The first kappa shape index (κ1) is 18.5. The number of carbonyl (C=O) groups excluding carboxylic acids is 2. The lowest BCUT2D eigenvalue weighted by atomic mass is 10.2. The number of fused-ring (bicyclic) bond motifs is 1. The van der Waals surface area contributed by atoms with Gasteiger partial charge in [-0.25, -0.2) is 0 Å². The van der Waals surface area contributed by atoms with E-state index >= 15 is 0 Å². The number of anilines is 2. The Balaban J connectivity index is 1.35. The van der Waals surface area contributed by atoms with Gasteiger partial charge < -0.3 is 19.5 Å². The van der Waals surface area contributed by atoms with E-state index in [9.17, 15) is 9.59 Å². The second kappa shape index (κ2) is 7.99. The molecule has 0 aliphatic carbocycles. The van der Waals surface area contributed by atoms with Crippen LogP contribution in [0, 0.1) is 0 Å². The van der Waals surface area contributed by atoms with Gasteiger partial charge in [0.2, 0.25) is 0 Å². The highest BCUT2D eigenvalue weighted by molar-refractivity contribution is 7.80. The van der Waals surface area contributed by atoms with Gasteiger partial charge in [0, 0.05) is 16.8 Å². The number of hydrogen-bond acceptors (Lipinski definition) is 5. The molecule has 0 aliphatic heterocycles. The van der Waals surface area contributed by atoms with Crippen LogP contribution in [-0.2, 0) is 0 Å². The minimum Gasteiger partial charge on any atom is -0.459 e. The normalized spacial score (nSPS) is 10.5. The molecule has 0 radical (unpaired) electrons. The van der Waals surface area contributed by atoms with Crippen LogP contribution < -0.4 is 16.0 Å². The van der Waals surface area contributed by atoms with Crippen LogP contribution in [0.3, 0.4) is 0 Å². The summed E-state index contributed by atoms with van der Waals surface area (Å²) in [6.45, 7) is 0. The van der Waals surface area contributed by atoms with E-state index in [2.05, 4.69) is 16.0 Å². The number of rotatable bonds is 4. The fraction of sp³-hybridized carbons (Fsp3) is 0. The van der Waals surface area contributed by atoms with Crippen molar-refractivity contribution in [1.29, 1.82) is 0 Å². The Morgan fingerprint density at radius 2 is 1.52 bits per heavy atom. The predicted octanol–water partition coefficient (Wildman–Crippen LogP) is 4.40. The first-order valence-electron chi connectivity index (χ1n) is 8.64. The highest BCUT2D eigenvalue weighted by atomic mass is 32.1. The maximum atomic E-state index is 12.4. The van der Waals surface area contributed by atoms with Crippen LogP contribution in [-0.4, -0.2) is 16.9 Å². The van der Waals surface area contributed by atoms with Gasteiger partial charge >= 0.3 is 0 Å². The molecule has 0 unspecified atom stereocenters. The van der Waals surface area contributed by atoms with Crippen LogP contribution in [0.2, 0.25) is 0 Å². The lowest BCUT2D eigenvalue weighted by Gasteiger charge is -2.09. The Labute approximate surface area is 170 Å². The number of furan rings is 2. The minimum atomic E-state index is -0.442. The Morgan fingerprint density at radius 1 is 0.793 bits per heavy atom. The molecule has 3 N–H and O–H groups in total. The van der Waals surface area contributed by atoms with E-state index in [1.54, 1.807) is 42.5 Å². The summed E-state index contributed by atoms with van der Waals surface area (Å²) in [4.78, 5) is 24.3. The Kier molecular flexibility index (Phi) is 5.08. The number of thiocarbonyl (C=S) groups is 1. The first-order chi connectivity index (χ1) is 14.1. The zero-order valence-electron chi connectivity index (χ0n) is 15.0. The number of benzene rings is 2. The molecule has 4 rings (SSSR count). The molecule has 0 bridgehead atoms. The third kappa shape index (κ3) is 4.33. The first-order valence-corrected chi connectivity index (χ1v) is 9.05. The Hall–Kier alpha value is -3.91. The maximum absolute atomic E-state index is 12.4. The molecule has 2 amide bonds. The molecule has 0 saturated carbocycles. The number of para-hydroxylation sites is 1. The smallest absolute Gasteiger partial charge is 0.293 e. The largest absolute Gasteiger partial charge is 0.459 e. The van der Waals surface area contributed by atoms with Crippen molar-refractivity contribution in [3.8, 4) is 0 Å². The minimum absolute atomic E-state index is 0.130. The zero-order valence-corrected chi connectivity index (χ0v) is 15.8. The number of carbonyl (C=O) groups is 2. The van der Waals surface area contributed by atoms with Gasteiger partial charge in [-0.2, -0.15) is 0 Å². The third-order valence-electron chi connectivity index (χ3n) is 4.02. The van der Waals surface area contributed by atoms with Crippen molar-refractivity contribution in [2.24, 2.45) is 0 Å². The van der Waals surface area contributed by atoms with Gasteiger partial charge in [0.1, 0.15) is 5.58 Å². The highest BCUT2D eigenvalue weighted by Crippen LogP contribution is 2.20. The molecule has 0 spiro atoms. The van der Waals surface area contributed by atoms with Crippen molar-refractivity contribution in [3.05, 3.63) is 84.5 Å². The molecular formula is C21H15N3O4S. The van der Waals surface area contributed by atoms with Crippen molar-refractivity contribution in [2.75, 3.05) is 10.6 Å². The van der Waals surface area contributed by atoms with E-state index in [0.717, 1.165) is 5.39 Å². The molecule has 0 atom stereocenters. The van der Waals surface area contributed by atoms with Gasteiger partial charge in [0.25, 0.3) is 11.8 Å². The number of nitrogens with one attached hydrogen (secondary N) is 3. The topological polar surface area (TPSA) is 96.5 Å². The fourth-order valence-corrected chi connectivity index (χ4v) is 2.87. The summed E-state index contributed by atoms with van der Waals surface area (Å²) in [5.74, 6) is -0.390. The molecule has 2 heterocycles. The van der Waals surface area contributed by atoms with Gasteiger partial charge in [-0.1, -0.05) is 18.2 Å². The van der Waals surface area contributed by atoms with Gasteiger partial charge in [-0.05, 0) is 60.7 Å². The predicted molar refractivity (Wildman–Crippen MR) is 113 cm³/mol. The van der Waals surface area contributed by atoms with Crippen molar-refractivity contribution in [2.45, 2.75) is 0 Å². The second-order valence-corrected chi connectivity index (χ2v) is 6.47. The van der Waals surface area contributed by atoms with E-state index in [4.69, 9.17) is 21.1 Å². The summed E-state index contributed by atoms with van der Waals surface area (Å²) in [5, 5.41) is 9.18. The van der Waals surface area contributed by atoms with Crippen molar-refractivity contribution in [3.63, 3.8) is 0 Å². The lowest BCUT2D eigenvalue weighted by Crippen LogP contribution is -2.33. The molecule has 2 aromatic carbocycles. The van der Waals surface area contributed by atoms with Crippen LogP contribution >= 0.6 is 12.2 Å². The van der Waals surface area contributed by atoms with Gasteiger partial charge in [-0.15, -0.1) is 0 Å². The summed E-state index contributed by atoms with van der Waals surface area (Å²) in [6.07, 6.45) is 1.41. The summed E-state index contributed by atoms with van der Waals surface area (Å²) in [7, 11) is 0. The monoisotopic (exact) mass is 405 g/mol. The summed E-state index contributed by atoms with van der Waals surface area (Å²) in [5.41, 5.74) is 1.89. The number of hydrogen-bond donors (Lipinski definition) is 3. The standard InChI is InChI=1S/C21H15N3O4S/c25-19(17-6-3-11-27-17)24-21(29)23-15-9-7-14(8-10-15)22-20(26)18-12-13-4-1-2-5-16(13)28-18/h1-12H,(H,22,26)(H2,23,24,25,29). The molecule has 7 nitrogen and oxygen atoms in total. The second-order valence-electron chi connectivity index (χ2n) is 6.07. The summed E-state index contributed by atoms with van der Waals surface area (Å²) < 4.78 is 10.6. The average molecular weight is 405 g/mol. The van der Waals surface area contributed by atoms with Crippen LogP contribution in [0.4, 0.5) is 11.4 Å². The van der Waals surface area contributed by atoms with E-state index in [1.807, 2.05) is 18.2 Å². The summed E-state index contributed by atoms with van der Waals surface area (Å²) >= 11 is 5.12. The molecule has 29 heavy (non-hydrogen) atoms. The Bertz CT molecular complexity index is 1150. The van der Waals surface area contributed by atoms with Crippen molar-refractivity contribution >= 4 is 51.5 Å². The molecule has 0 aliphatic rings. The molecule has 2 aromatic heterocycles. The maximum Gasteiger partial charge on any atom is 0.293 e. The zero-order chi connectivity index (χ0) is 20.2. The Morgan fingerprint density at radius 3 is 2.21 bits per heavy atom. The molecular weight excluding hydrogens is 390 g/mol. The van der Waals surface area contributed by atoms with Crippen LogP contribution in [0.15, 0.2) is 81.8 Å². The molecule has 144 valence electrons. The summed E-state index contributed by atoms with van der Waals surface area (Å²) in [6, 6.07) is 19.1. The van der Waals surface area contributed by atoms with Gasteiger partial charge in [0.05, 0.1) is 6.26 Å². The van der Waals surface area contributed by atoms with E-state index in [0.29, 0.717) is 17.0 Å². The molecule has 8 heteroatoms. The van der Waals surface area contributed by atoms with Crippen molar-refractivity contribution < 1.29 is 18.4 Å². The van der Waals surface area contributed by atoms with E-state index in [-0.39, 0.29) is 22.5 Å². The van der Waals surface area contributed by atoms with Gasteiger partial charge in [-0.3, -0.25) is 14.9 Å². The molecule has 4 aromatic rings. The average Bonchev–Trinajstić information content (AvgIpc) is 3.39. The highest BCUT2D eigenvalue weighted by Gasteiger charge is 2.13. The van der Waals surface area contributed by atoms with Crippen LogP contribution in [0.25, 0.3) is 11.0 Å². The lowest BCUT2D eigenvalue weighted by molar-refractivity contribution is 0.0949. The van der Waals surface area contributed by atoms with Gasteiger partial charge in [0.15, 0.2) is 16.6 Å². The molecule has 0 saturated heterocycles. The van der Waals surface area contributed by atoms with Crippen LogP contribution in [0.1, 0.15) is 21.1 Å². The third-order valence-corrected chi connectivity index (χ3v) is 4.23. The molecule has 0 fully saturated rings. The van der Waals surface area contributed by atoms with Crippen LogP contribution in [0.5, 0.6) is 0 Å². The number of amides is 2. The van der Waals surface area contributed by atoms with E-state index < -0.39 is 5.91 Å². The SMILES string of the molecule is O=C(NC(=S)Nc1ccc(NC(=O)c2cc3ccccc3o2)cc1)c1ccco1.